The Hall–Kier alpha value is -3.75. The zero-order valence-electron chi connectivity index (χ0n) is 15.8. The maximum absolute atomic E-state index is 13.1. The summed E-state index contributed by atoms with van der Waals surface area (Å²) < 4.78 is 11.4. The Kier molecular flexibility index (Phi) is 4.05. The summed E-state index contributed by atoms with van der Waals surface area (Å²) in [5.74, 6) is 0.621. The maximum atomic E-state index is 13.1. The van der Waals surface area contributed by atoms with Gasteiger partial charge in [0.15, 0.2) is 0 Å². The number of ether oxygens (including phenoxy) is 1. The lowest BCUT2D eigenvalue weighted by Gasteiger charge is -2.13. The van der Waals surface area contributed by atoms with E-state index in [2.05, 4.69) is 0 Å². The molecule has 0 atom stereocenters. The molecule has 1 N–H and O–H groups in total. The second-order valence-corrected chi connectivity index (χ2v) is 7.40. The van der Waals surface area contributed by atoms with Crippen molar-refractivity contribution in [3.63, 3.8) is 0 Å². The van der Waals surface area contributed by atoms with Crippen LogP contribution >= 0.6 is 11.6 Å². The van der Waals surface area contributed by atoms with E-state index >= 15 is 0 Å². The third-order valence-corrected chi connectivity index (χ3v) is 5.62. The van der Waals surface area contributed by atoms with Crippen molar-refractivity contribution in [1.82, 2.24) is 0 Å². The number of aliphatic hydroxyl groups is 1. The first kappa shape index (κ1) is 18.3. The molecule has 1 aliphatic carbocycles. The van der Waals surface area contributed by atoms with Gasteiger partial charge in [-0.05, 0) is 53.9 Å². The molecule has 0 spiro atoms. The molecule has 6 heteroatoms. The number of rotatable bonds is 4. The topological polar surface area (TPSA) is 83.5 Å². The summed E-state index contributed by atoms with van der Waals surface area (Å²) in [5.41, 5.74) is 3.98. The van der Waals surface area contributed by atoms with Crippen LogP contribution < -0.4 is 4.74 Å². The number of allylic oxidation sites excluding steroid dienone is 1. The molecule has 2 aromatic carbocycles. The number of fused-ring (bicyclic) bond motifs is 5. The molecular formula is C24H14ClNO4. The van der Waals surface area contributed by atoms with Gasteiger partial charge < -0.3 is 14.3 Å². The van der Waals surface area contributed by atoms with Gasteiger partial charge in [0, 0.05) is 6.07 Å². The van der Waals surface area contributed by atoms with E-state index in [1.54, 1.807) is 42.5 Å². The van der Waals surface area contributed by atoms with E-state index in [1.165, 1.54) is 0 Å². The Balaban J connectivity index is 1.58. The van der Waals surface area contributed by atoms with Crippen LogP contribution in [-0.2, 0) is 6.42 Å². The highest BCUT2D eigenvalue weighted by atomic mass is 35.5. The average Bonchev–Trinajstić information content (AvgIpc) is 3.42. The highest BCUT2D eigenvalue weighted by Crippen LogP contribution is 2.45. The molecule has 30 heavy (non-hydrogen) atoms. The van der Waals surface area contributed by atoms with Gasteiger partial charge in [-0.1, -0.05) is 24.6 Å². The van der Waals surface area contributed by atoms with E-state index in [-0.39, 0.29) is 17.1 Å². The molecule has 5 nitrogen and oxygen atoms in total. The lowest BCUT2D eigenvalue weighted by atomic mass is 9.95. The monoisotopic (exact) mass is 415 g/mol. The van der Waals surface area contributed by atoms with Crippen molar-refractivity contribution in [3.05, 3.63) is 81.4 Å². The van der Waals surface area contributed by atoms with Gasteiger partial charge in [0.05, 0.1) is 27.3 Å². The SMILES string of the molecule is CCc1ccc(Oc2ccc(C#N)c(Cl)c2)cc1C1=C(O)c2c(c3ccc2o3)C1=O. The summed E-state index contributed by atoms with van der Waals surface area (Å²) in [7, 11) is 0. The standard InChI is InChI=1S/C24H14ClNO4/c1-2-12-3-5-14(29-15-6-4-13(11-26)17(25)10-15)9-16(12)20-23(27)21-18-7-8-19(30-18)22(21)24(20)28/h3-10,27H,2H2,1H3. The molecule has 4 aromatic rings. The van der Waals surface area contributed by atoms with Gasteiger partial charge in [0.25, 0.3) is 0 Å². The number of aliphatic hydroxyl groups excluding tert-OH is 1. The number of benzene rings is 3. The van der Waals surface area contributed by atoms with Crippen LogP contribution in [0.2, 0.25) is 5.02 Å². The first-order chi connectivity index (χ1) is 14.5. The van der Waals surface area contributed by atoms with Gasteiger partial charge in [-0.25, -0.2) is 0 Å². The fourth-order valence-corrected chi connectivity index (χ4v) is 4.08. The van der Waals surface area contributed by atoms with E-state index in [0.717, 1.165) is 5.56 Å². The number of hydrogen-bond donors (Lipinski definition) is 1. The van der Waals surface area contributed by atoms with Crippen LogP contribution in [0.15, 0.2) is 52.9 Å². The number of nitrogens with zero attached hydrogens (tertiary/aromatic N) is 1. The molecule has 0 amide bonds. The predicted octanol–water partition coefficient (Wildman–Crippen LogP) is 6.37. The maximum Gasteiger partial charge on any atom is 0.202 e. The molecule has 1 aliphatic rings. The molecule has 0 aliphatic heterocycles. The van der Waals surface area contributed by atoms with Crippen LogP contribution in [-0.4, -0.2) is 10.9 Å². The van der Waals surface area contributed by atoms with E-state index in [1.807, 2.05) is 19.1 Å². The minimum atomic E-state index is -0.259. The van der Waals surface area contributed by atoms with Crippen LogP contribution in [0.1, 0.15) is 39.5 Å². The summed E-state index contributed by atoms with van der Waals surface area (Å²) in [5, 5.41) is 20.2. The Labute approximate surface area is 176 Å². The number of halogens is 1. The fraction of sp³-hybridized carbons (Fsp3) is 0.0833. The van der Waals surface area contributed by atoms with Gasteiger partial charge in [0.2, 0.25) is 5.78 Å². The predicted molar refractivity (Wildman–Crippen MR) is 113 cm³/mol. The number of hydrogen-bond acceptors (Lipinski definition) is 5. The third-order valence-electron chi connectivity index (χ3n) is 5.30. The van der Waals surface area contributed by atoms with Gasteiger partial charge in [-0.2, -0.15) is 5.26 Å². The normalized spacial score (nSPS) is 13.2. The smallest absolute Gasteiger partial charge is 0.202 e. The Morgan fingerprint density at radius 1 is 1.07 bits per heavy atom. The molecule has 0 saturated carbocycles. The average molecular weight is 416 g/mol. The molecule has 2 heterocycles. The highest BCUT2D eigenvalue weighted by Gasteiger charge is 2.37. The molecule has 0 saturated heterocycles. The van der Waals surface area contributed by atoms with Gasteiger partial charge in [0.1, 0.15) is 34.5 Å². The number of furan rings is 2. The molecule has 2 bridgehead atoms. The largest absolute Gasteiger partial charge is 0.506 e. The van der Waals surface area contributed by atoms with Crippen molar-refractivity contribution in [2.45, 2.75) is 13.3 Å². The lowest BCUT2D eigenvalue weighted by Crippen LogP contribution is -2.02. The van der Waals surface area contributed by atoms with Crippen LogP contribution in [0.4, 0.5) is 0 Å². The summed E-state index contributed by atoms with van der Waals surface area (Å²) in [4.78, 5) is 13.1. The van der Waals surface area contributed by atoms with Crippen molar-refractivity contribution < 1.29 is 19.1 Å². The van der Waals surface area contributed by atoms with Gasteiger partial charge in [-0.3, -0.25) is 4.79 Å². The van der Waals surface area contributed by atoms with Gasteiger partial charge in [-0.15, -0.1) is 0 Å². The first-order valence-electron chi connectivity index (χ1n) is 9.35. The zero-order valence-corrected chi connectivity index (χ0v) is 16.6. The Bertz CT molecular complexity index is 1410. The Morgan fingerprint density at radius 3 is 2.43 bits per heavy atom. The Morgan fingerprint density at radius 2 is 1.77 bits per heavy atom. The van der Waals surface area contributed by atoms with Crippen molar-refractivity contribution >= 4 is 39.9 Å². The molecule has 146 valence electrons. The molecular weight excluding hydrogens is 402 g/mol. The lowest BCUT2D eigenvalue weighted by molar-refractivity contribution is 0.106. The molecule has 0 fully saturated rings. The first-order valence-corrected chi connectivity index (χ1v) is 9.73. The van der Waals surface area contributed by atoms with Gasteiger partial charge >= 0.3 is 0 Å². The number of Topliss-reactive ketones (excluding diaryl/α,β-unsaturated/α-hetero) is 1. The summed E-state index contributed by atoms with van der Waals surface area (Å²) >= 11 is 6.09. The molecule has 2 aromatic heterocycles. The minimum absolute atomic E-state index is 0.0717. The van der Waals surface area contributed by atoms with E-state index < -0.39 is 0 Å². The number of nitriles is 1. The van der Waals surface area contributed by atoms with Crippen LogP contribution in [0.3, 0.4) is 0 Å². The molecule has 5 rings (SSSR count). The number of carbonyl (C=O) groups is 1. The van der Waals surface area contributed by atoms with Crippen molar-refractivity contribution in [3.8, 4) is 17.6 Å². The van der Waals surface area contributed by atoms with E-state index in [0.29, 0.717) is 56.4 Å². The van der Waals surface area contributed by atoms with Crippen LogP contribution in [0.25, 0.3) is 22.5 Å². The van der Waals surface area contributed by atoms with E-state index in [9.17, 15) is 9.90 Å². The highest BCUT2D eigenvalue weighted by molar-refractivity contribution is 6.42. The number of carbonyl (C=O) groups excluding carboxylic acids is 1. The number of ketones is 1. The third kappa shape index (κ3) is 2.58. The van der Waals surface area contributed by atoms with Crippen LogP contribution in [0.5, 0.6) is 11.5 Å². The summed E-state index contributed by atoms with van der Waals surface area (Å²) in [6.07, 6.45) is 0.676. The minimum Gasteiger partial charge on any atom is -0.506 e. The second-order valence-electron chi connectivity index (χ2n) is 6.99. The van der Waals surface area contributed by atoms with Crippen molar-refractivity contribution in [2.24, 2.45) is 0 Å². The van der Waals surface area contributed by atoms with Crippen LogP contribution in [0, 0.1) is 11.3 Å². The number of aryl methyl sites for hydroxylation is 1. The van der Waals surface area contributed by atoms with Crippen molar-refractivity contribution in [2.75, 3.05) is 0 Å². The molecule has 0 unspecified atom stereocenters. The van der Waals surface area contributed by atoms with Crippen molar-refractivity contribution in [1.29, 1.82) is 5.26 Å². The zero-order chi connectivity index (χ0) is 21.0. The second kappa shape index (κ2) is 6.65. The quantitative estimate of drug-likeness (QED) is 0.418. The summed E-state index contributed by atoms with van der Waals surface area (Å²) in [6, 6.07) is 15.7. The fourth-order valence-electron chi connectivity index (χ4n) is 3.87. The summed E-state index contributed by atoms with van der Waals surface area (Å²) in [6.45, 7) is 1.98. The van der Waals surface area contributed by atoms with E-state index in [4.69, 9.17) is 26.0 Å². The molecule has 0 radical (unpaired) electrons.